The molecule has 0 fully saturated rings. The van der Waals surface area contributed by atoms with Gasteiger partial charge >= 0.3 is 6.18 Å². The molecule has 0 aromatic carbocycles. The van der Waals surface area contributed by atoms with Crippen molar-refractivity contribution in [1.29, 1.82) is 0 Å². The third-order valence-electron chi connectivity index (χ3n) is 2.44. The Balaban J connectivity index is 2.53. The molecule has 6 heteroatoms. The molecule has 0 aliphatic rings. The van der Waals surface area contributed by atoms with Crippen molar-refractivity contribution < 1.29 is 13.2 Å². The Hall–Kier alpha value is -2.11. The summed E-state index contributed by atoms with van der Waals surface area (Å²) in [6.07, 6.45) is 0.00788. The van der Waals surface area contributed by atoms with Gasteiger partial charge in [0, 0.05) is 31.2 Å². The average molecular weight is 253 g/mol. The lowest BCUT2D eigenvalue weighted by Crippen LogP contribution is -2.10. The number of nitrogens with one attached hydrogen (secondary N) is 1. The summed E-state index contributed by atoms with van der Waals surface area (Å²) in [5.41, 5.74) is 0.272. The lowest BCUT2D eigenvalue weighted by molar-refractivity contribution is -0.137. The molecule has 0 bridgehead atoms. The number of anilines is 1. The van der Waals surface area contributed by atoms with Crippen LogP contribution in [0.4, 0.5) is 19.0 Å². The quantitative estimate of drug-likeness (QED) is 0.893. The fourth-order valence-corrected chi connectivity index (χ4v) is 1.58. The smallest absolute Gasteiger partial charge is 0.373 e. The Morgan fingerprint density at radius 2 is 1.78 bits per heavy atom. The van der Waals surface area contributed by atoms with Crippen molar-refractivity contribution in [2.45, 2.75) is 6.18 Å². The zero-order chi connectivity index (χ0) is 13.2. The van der Waals surface area contributed by atoms with E-state index in [2.05, 4.69) is 15.3 Å². The van der Waals surface area contributed by atoms with Crippen LogP contribution >= 0.6 is 0 Å². The summed E-state index contributed by atoms with van der Waals surface area (Å²) in [4.78, 5) is 7.61. The lowest BCUT2D eigenvalue weighted by atomic mass is 10.1. The molecule has 0 amide bonds. The van der Waals surface area contributed by atoms with Crippen molar-refractivity contribution >= 4 is 5.82 Å². The first-order valence-electron chi connectivity index (χ1n) is 5.18. The van der Waals surface area contributed by atoms with Gasteiger partial charge < -0.3 is 5.32 Å². The van der Waals surface area contributed by atoms with E-state index in [1.54, 1.807) is 12.1 Å². The van der Waals surface area contributed by atoms with E-state index in [9.17, 15) is 13.2 Å². The number of alkyl halides is 3. The molecule has 2 rings (SSSR count). The van der Waals surface area contributed by atoms with Gasteiger partial charge in [0.25, 0.3) is 0 Å². The standard InChI is InChI=1S/C12H10F3N3/c1-16-11-10(12(13,14)15)6-9(7-18-11)8-2-4-17-5-3-8/h2-7H,1H3,(H,16,18). The lowest BCUT2D eigenvalue weighted by Gasteiger charge is -2.13. The Morgan fingerprint density at radius 1 is 1.11 bits per heavy atom. The van der Waals surface area contributed by atoms with E-state index in [-0.39, 0.29) is 5.82 Å². The first-order valence-corrected chi connectivity index (χ1v) is 5.18. The van der Waals surface area contributed by atoms with E-state index in [0.29, 0.717) is 11.1 Å². The van der Waals surface area contributed by atoms with E-state index in [1.165, 1.54) is 25.6 Å². The second kappa shape index (κ2) is 4.64. The van der Waals surface area contributed by atoms with Crippen molar-refractivity contribution in [3.05, 3.63) is 42.4 Å². The van der Waals surface area contributed by atoms with E-state index in [4.69, 9.17) is 0 Å². The predicted octanol–water partition coefficient (Wildman–Crippen LogP) is 3.20. The maximum atomic E-state index is 12.8. The highest BCUT2D eigenvalue weighted by Crippen LogP contribution is 2.35. The van der Waals surface area contributed by atoms with Crippen LogP contribution < -0.4 is 5.32 Å². The van der Waals surface area contributed by atoms with Gasteiger partial charge in [0.1, 0.15) is 5.82 Å². The van der Waals surface area contributed by atoms with E-state index in [0.717, 1.165) is 6.07 Å². The number of halogens is 3. The van der Waals surface area contributed by atoms with Gasteiger partial charge in [-0.25, -0.2) is 4.98 Å². The van der Waals surface area contributed by atoms with Gasteiger partial charge in [-0.1, -0.05) is 0 Å². The first-order chi connectivity index (χ1) is 8.52. The molecule has 0 unspecified atom stereocenters. The highest BCUT2D eigenvalue weighted by Gasteiger charge is 2.34. The number of hydrogen-bond donors (Lipinski definition) is 1. The van der Waals surface area contributed by atoms with Gasteiger partial charge in [0.2, 0.25) is 0 Å². The Bertz CT molecular complexity index is 538. The fourth-order valence-electron chi connectivity index (χ4n) is 1.58. The van der Waals surface area contributed by atoms with Gasteiger partial charge in [0.05, 0.1) is 5.56 Å². The maximum Gasteiger partial charge on any atom is 0.419 e. The summed E-state index contributed by atoms with van der Waals surface area (Å²) in [6, 6.07) is 4.35. The molecular weight excluding hydrogens is 243 g/mol. The van der Waals surface area contributed by atoms with Gasteiger partial charge in [0.15, 0.2) is 0 Å². The van der Waals surface area contributed by atoms with Crippen molar-refractivity contribution in [2.75, 3.05) is 12.4 Å². The van der Waals surface area contributed by atoms with Gasteiger partial charge in [-0.2, -0.15) is 13.2 Å². The number of nitrogens with zero attached hydrogens (tertiary/aromatic N) is 2. The Kier molecular flexibility index (Phi) is 3.18. The zero-order valence-corrected chi connectivity index (χ0v) is 9.49. The molecule has 0 saturated carbocycles. The maximum absolute atomic E-state index is 12.8. The van der Waals surface area contributed by atoms with Crippen LogP contribution in [0.5, 0.6) is 0 Å². The number of aromatic nitrogens is 2. The second-order valence-corrected chi connectivity index (χ2v) is 3.60. The summed E-state index contributed by atoms with van der Waals surface area (Å²) < 4.78 is 38.5. The molecule has 3 nitrogen and oxygen atoms in total. The molecule has 0 radical (unpaired) electrons. The van der Waals surface area contributed by atoms with E-state index < -0.39 is 11.7 Å². The summed E-state index contributed by atoms with van der Waals surface area (Å²) in [6.45, 7) is 0. The van der Waals surface area contributed by atoms with Crippen molar-refractivity contribution in [1.82, 2.24) is 9.97 Å². The monoisotopic (exact) mass is 253 g/mol. The van der Waals surface area contributed by atoms with Crippen LogP contribution in [0.2, 0.25) is 0 Å². The van der Waals surface area contributed by atoms with Crippen molar-refractivity contribution in [3.63, 3.8) is 0 Å². The number of hydrogen-bond acceptors (Lipinski definition) is 3. The summed E-state index contributed by atoms with van der Waals surface area (Å²) >= 11 is 0. The van der Waals surface area contributed by atoms with Crippen LogP contribution in [0.3, 0.4) is 0 Å². The second-order valence-electron chi connectivity index (χ2n) is 3.60. The van der Waals surface area contributed by atoms with Crippen LogP contribution in [0.25, 0.3) is 11.1 Å². The number of pyridine rings is 2. The van der Waals surface area contributed by atoms with Crippen LogP contribution in [-0.2, 0) is 6.18 Å². The van der Waals surface area contributed by atoms with Crippen molar-refractivity contribution in [3.8, 4) is 11.1 Å². The molecule has 0 saturated heterocycles. The van der Waals surface area contributed by atoms with E-state index >= 15 is 0 Å². The Labute approximate surface area is 102 Å². The van der Waals surface area contributed by atoms with Gasteiger partial charge in [-0.3, -0.25) is 4.98 Å². The summed E-state index contributed by atoms with van der Waals surface area (Å²) in [7, 11) is 1.41. The highest BCUT2D eigenvalue weighted by molar-refractivity contribution is 5.65. The normalized spacial score (nSPS) is 11.3. The molecule has 0 spiro atoms. The van der Waals surface area contributed by atoms with Gasteiger partial charge in [-0.05, 0) is 23.8 Å². The molecule has 2 heterocycles. The topological polar surface area (TPSA) is 37.8 Å². The van der Waals surface area contributed by atoms with Crippen LogP contribution in [0, 0.1) is 0 Å². The molecule has 0 aliphatic heterocycles. The molecule has 0 atom stereocenters. The molecule has 2 aromatic rings. The van der Waals surface area contributed by atoms with Crippen LogP contribution in [0.1, 0.15) is 5.56 Å². The highest BCUT2D eigenvalue weighted by atomic mass is 19.4. The molecule has 0 aliphatic carbocycles. The predicted molar refractivity (Wildman–Crippen MR) is 62.0 cm³/mol. The first kappa shape index (κ1) is 12.3. The minimum Gasteiger partial charge on any atom is -0.373 e. The minimum absolute atomic E-state index is 0.180. The van der Waals surface area contributed by atoms with E-state index in [1.807, 2.05) is 0 Å². The van der Waals surface area contributed by atoms with Crippen LogP contribution in [0.15, 0.2) is 36.8 Å². The summed E-state index contributed by atoms with van der Waals surface area (Å²) in [5, 5.41) is 2.44. The van der Waals surface area contributed by atoms with Crippen LogP contribution in [-0.4, -0.2) is 17.0 Å². The average Bonchev–Trinajstić information content (AvgIpc) is 2.38. The third kappa shape index (κ3) is 2.42. The fraction of sp³-hybridized carbons (Fsp3) is 0.167. The zero-order valence-electron chi connectivity index (χ0n) is 9.49. The molecule has 2 aromatic heterocycles. The largest absolute Gasteiger partial charge is 0.419 e. The third-order valence-corrected chi connectivity index (χ3v) is 2.44. The summed E-state index contributed by atoms with van der Waals surface area (Å²) in [5.74, 6) is -0.180. The number of rotatable bonds is 2. The SMILES string of the molecule is CNc1ncc(-c2ccncc2)cc1C(F)(F)F. The van der Waals surface area contributed by atoms with Crippen molar-refractivity contribution in [2.24, 2.45) is 0 Å². The molecule has 18 heavy (non-hydrogen) atoms. The van der Waals surface area contributed by atoms with Gasteiger partial charge in [-0.15, -0.1) is 0 Å². The molecule has 1 N–H and O–H groups in total. The Morgan fingerprint density at radius 3 is 2.33 bits per heavy atom. The molecular formula is C12H10F3N3. The molecule has 94 valence electrons. The minimum atomic E-state index is -4.44.